The molecule has 2 aromatic heterocycles. The average molecular weight is 267 g/mol. The maximum absolute atomic E-state index is 4.47. The molecule has 0 radical (unpaired) electrons. The van der Waals surface area contributed by atoms with Crippen molar-refractivity contribution >= 4 is 22.7 Å². The van der Waals surface area contributed by atoms with Crippen molar-refractivity contribution in [3.63, 3.8) is 0 Å². The minimum Gasteiger partial charge on any atom is -0.354 e. The van der Waals surface area contributed by atoms with E-state index in [9.17, 15) is 0 Å². The largest absolute Gasteiger partial charge is 0.354 e. The van der Waals surface area contributed by atoms with E-state index in [-0.39, 0.29) is 0 Å². The van der Waals surface area contributed by atoms with Crippen molar-refractivity contribution in [1.82, 2.24) is 9.97 Å². The summed E-state index contributed by atoms with van der Waals surface area (Å²) in [6, 6.07) is 14.1. The van der Waals surface area contributed by atoms with Gasteiger partial charge in [-0.2, -0.15) is 0 Å². The summed E-state index contributed by atoms with van der Waals surface area (Å²) in [7, 11) is 0. The first kappa shape index (κ1) is 11.9. The van der Waals surface area contributed by atoms with E-state index >= 15 is 0 Å². The molecule has 2 heterocycles. The minimum absolute atomic E-state index is 0.942. The van der Waals surface area contributed by atoms with Crippen LogP contribution < -0.4 is 5.32 Å². The van der Waals surface area contributed by atoms with Crippen molar-refractivity contribution in [2.45, 2.75) is 6.92 Å². The topological polar surface area (TPSA) is 37.8 Å². The Bertz CT molecular complexity index is 677. The lowest BCUT2D eigenvalue weighted by Gasteiger charge is -2.09. The minimum atomic E-state index is 0.942. The first-order valence-corrected chi connectivity index (χ1v) is 6.84. The Morgan fingerprint density at radius 3 is 2.58 bits per heavy atom. The van der Waals surface area contributed by atoms with Crippen LogP contribution in [0.1, 0.15) is 5.01 Å². The van der Waals surface area contributed by atoms with Gasteiger partial charge in [-0.1, -0.05) is 18.2 Å². The molecule has 3 nitrogen and oxygen atoms in total. The van der Waals surface area contributed by atoms with Crippen LogP contribution in [0, 0.1) is 6.92 Å². The average Bonchev–Trinajstić information content (AvgIpc) is 2.87. The number of nitrogens with zero attached hydrogens (tertiary/aromatic N) is 2. The number of thiazole rings is 1. The fourth-order valence-electron chi connectivity index (χ4n) is 1.85. The molecule has 0 aliphatic rings. The normalized spacial score (nSPS) is 10.4. The Hall–Kier alpha value is -2.20. The van der Waals surface area contributed by atoms with Crippen molar-refractivity contribution in [2.75, 3.05) is 5.32 Å². The summed E-state index contributed by atoms with van der Waals surface area (Å²) in [4.78, 5) is 9.84. The van der Waals surface area contributed by atoms with E-state index in [2.05, 4.69) is 15.3 Å². The molecule has 1 aromatic carbocycles. The molecular formula is C15H13N3S. The summed E-state index contributed by atoms with van der Waals surface area (Å²) in [5, 5.41) is 4.44. The third-order valence-electron chi connectivity index (χ3n) is 2.72. The number of hydrogen-bond donors (Lipinski definition) is 1. The van der Waals surface area contributed by atoms with Crippen LogP contribution in [-0.2, 0) is 0 Å². The van der Waals surface area contributed by atoms with Gasteiger partial charge in [-0.15, -0.1) is 11.3 Å². The fraction of sp³-hybridized carbons (Fsp3) is 0.0667. The van der Waals surface area contributed by atoms with Gasteiger partial charge < -0.3 is 5.32 Å². The number of nitrogens with one attached hydrogen (secondary N) is 1. The van der Waals surface area contributed by atoms with Crippen molar-refractivity contribution < 1.29 is 0 Å². The van der Waals surface area contributed by atoms with Crippen LogP contribution in [0.25, 0.3) is 10.6 Å². The first-order chi connectivity index (χ1) is 9.33. The summed E-state index contributed by atoms with van der Waals surface area (Å²) in [6.07, 6.45) is 3.68. The van der Waals surface area contributed by atoms with Crippen LogP contribution >= 0.6 is 11.3 Å². The van der Waals surface area contributed by atoms with Crippen molar-refractivity contribution in [3.05, 3.63) is 59.9 Å². The predicted octanol–water partition coefficient (Wildman–Crippen LogP) is 4.26. The van der Waals surface area contributed by atoms with Crippen LogP contribution in [0.4, 0.5) is 11.4 Å². The molecule has 0 saturated heterocycles. The molecule has 3 aromatic rings. The number of anilines is 2. The molecule has 0 spiro atoms. The van der Waals surface area contributed by atoms with Gasteiger partial charge >= 0.3 is 0 Å². The monoisotopic (exact) mass is 267 g/mol. The molecule has 0 amide bonds. The Balaban J connectivity index is 1.98. The number of hydrogen-bond acceptors (Lipinski definition) is 4. The number of aromatic nitrogens is 2. The molecule has 0 aliphatic heterocycles. The van der Waals surface area contributed by atoms with Crippen LogP contribution in [0.5, 0.6) is 0 Å². The zero-order valence-electron chi connectivity index (χ0n) is 10.5. The molecule has 1 N–H and O–H groups in total. The third-order valence-corrected chi connectivity index (χ3v) is 3.63. The van der Waals surface area contributed by atoms with Crippen molar-refractivity contribution in [2.24, 2.45) is 0 Å². The van der Waals surface area contributed by atoms with E-state index in [0.29, 0.717) is 0 Å². The van der Waals surface area contributed by atoms with Crippen LogP contribution in [0.15, 0.2) is 54.9 Å². The molecule has 0 aliphatic carbocycles. The molecule has 0 bridgehead atoms. The summed E-state index contributed by atoms with van der Waals surface area (Å²) in [6.45, 7) is 2.00. The number of aryl methyl sites for hydroxylation is 1. The first-order valence-electron chi connectivity index (χ1n) is 6.03. The number of rotatable bonds is 3. The molecule has 0 unspecified atom stereocenters. The van der Waals surface area contributed by atoms with Gasteiger partial charge in [0.25, 0.3) is 0 Å². The van der Waals surface area contributed by atoms with Gasteiger partial charge in [0.05, 0.1) is 15.6 Å². The second-order valence-electron chi connectivity index (χ2n) is 4.13. The van der Waals surface area contributed by atoms with Gasteiger partial charge in [0.15, 0.2) is 0 Å². The molecule has 19 heavy (non-hydrogen) atoms. The Morgan fingerprint density at radius 2 is 1.84 bits per heavy atom. The Morgan fingerprint density at radius 1 is 1.00 bits per heavy atom. The molecule has 0 atom stereocenters. The van der Waals surface area contributed by atoms with E-state index in [1.807, 2.05) is 55.6 Å². The zero-order valence-corrected chi connectivity index (χ0v) is 11.3. The Labute approximate surface area is 116 Å². The van der Waals surface area contributed by atoms with Crippen LogP contribution in [0.2, 0.25) is 0 Å². The fourth-order valence-corrected chi connectivity index (χ4v) is 2.64. The summed E-state index contributed by atoms with van der Waals surface area (Å²) in [5.41, 5.74) is 2.99. The van der Waals surface area contributed by atoms with E-state index in [0.717, 1.165) is 27.0 Å². The van der Waals surface area contributed by atoms with Crippen LogP contribution in [-0.4, -0.2) is 9.97 Å². The highest BCUT2D eigenvalue weighted by Gasteiger charge is 2.09. The lowest BCUT2D eigenvalue weighted by molar-refractivity contribution is 1.28. The SMILES string of the molecule is Cc1ncc(-c2ncccc2Nc2ccccc2)s1. The molecule has 94 valence electrons. The van der Waals surface area contributed by atoms with Crippen molar-refractivity contribution in [3.8, 4) is 10.6 Å². The van der Waals surface area contributed by atoms with Gasteiger partial charge in [-0.25, -0.2) is 4.98 Å². The summed E-state index contributed by atoms with van der Waals surface area (Å²) in [5.74, 6) is 0. The second-order valence-corrected chi connectivity index (χ2v) is 5.37. The Kier molecular flexibility index (Phi) is 3.25. The highest BCUT2D eigenvalue weighted by atomic mass is 32.1. The standard InChI is InChI=1S/C15H13N3S/c1-11-17-10-14(19-11)15-13(8-5-9-16-15)18-12-6-3-2-4-7-12/h2-10,18H,1H3. The van der Waals surface area contributed by atoms with Crippen molar-refractivity contribution in [1.29, 1.82) is 0 Å². The summed E-state index contributed by atoms with van der Waals surface area (Å²) < 4.78 is 0. The lowest BCUT2D eigenvalue weighted by atomic mass is 10.2. The smallest absolute Gasteiger partial charge is 0.105 e. The maximum atomic E-state index is 4.47. The second kappa shape index (κ2) is 5.20. The molecule has 0 saturated carbocycles. The summed E-state index contributed by atoms with van der Waals surface area (Å²) >= 11 is 1.65. The van der Waals surface area contributed by atoms with Gasteiger partial charge in [-0.3, -0.25) is 4.98 Å². The van der Waals surface area contributed by atoms with Gasteiger partial charge in [0.2, 0.25) is 0 Å². The predicted molar refractivity (Wildman–Crippen MR) is 79.8 cm³/mol. The quantitative estimate of drug-likeness (QED) is 0.770. The van der Waals surface area contributed by atoms with E-state index in [1.165, 1.54) is 0 Å². The molecular weight excluding hydrogens is 254 g/mol. The van der Waals surface area contributed by atoms with Gasteiger partial charge in [0.1, 0.15) is 5.69 Å². The molecule has 0 fully saturated rings. The van der Waals surface area contributed by atoms with Gasteiger partial charge in [0, 0.05) is 18.1 Å². The van der Waals surface area contributed by atoms with Crippen LogP contribution in [0.3, 0.4) is 0 Å². The van der Waals surface area contributed by atoms with E-state index < -0.39 is 0 Å². The molecule has 4 heteroatoms. The van der Waals surface area contributed by atoms with E-state index in [4.69, 9.17) is 0 Å². The highest BCUT2D eigenvalue weighted by molar-refractivity contribution is 7.15. The third kappa shape index (κ3) is 2.63. The van der Waals surface area contributed by atoms with Gasteiger partial charge in [-0.05, 0) is 31.2 Å². The highest BCUT2D eigenvalue weighted by Crippen LogP contribution is 2.31. The number of para-hydroxylation sites is 1. The van der Waals surface area contributed by atoms with E-state index in [1.54, 1.807) is 17.5 Å². The maximum Gasteiger partial charge on any atom is 0.105 e. The molecule has 3 rings (SSSR count). The lowest BCUT2D eigenvalue weighted by Crippen LogP contribution is -1.93. The zero-order chi connectivity index (χ0) is 13.1. The number of pyridine rings is 1. The number of benzene rings is 1.